The summed E-state index contributed by atoms with van der Waals surface area (Å²) in [4.78, 5) is 8.00. The van der Waals surface area contributed by atoms with Crippen LogP contribution in [0.5, 0.6) is 11.5 Å². The van der Waals surface area contributed by atoms with E-state index in [0.29, 0.717) is 11.5 Å². The van der Waals surface area contributed by atoms with Gasteiger partial charge in [0.05, 0.1) is 0 Å². The highest BCUT2D eigenvalue weighted by molar-refractivity contribution is 5.31. The Balaban J connectivity index is 0.000000526. The highest BCUT2D eigenvalue weighted by Crippen LogP contribution is 2.23. The van der Waals surface area contributed by atoms with E-state index in [-0.39, 0.29) is 5.41 Å². The fraction of sp³-hybridized carbons (Fsp3) is 0.500. The molecule has 0 aromatic heterocycles. The maximum absolute atomic E-state index is 9.58. The number of rotatable bonds is 8. The molecule has 0 spiro atoms. The highest BCUT2D eigenvalue weighted by Gasteiger charge is 2.12. The lowest BCUT2D eigenvalue weighted by molar-refractivity contribution is -0.0979. The fourth-order valence-electron chi connectivity index (χ4n) is 2.96. The van der Waals surface area contributed by atoms with Crippen LogP contribution >= 0.6 is 0 Å². The van der Waals surface area contributed by atoms with E-state index in [2.05, 4.69) is 27.7 Å². The van der Waals surface area contributed by atoms with Crippen molar-refractivity contribution in [1.29, 1.82) is 0 Å². The molecule has 0 heterocycles. The zero-order chi connectivity index (χ0) is 22.1. The van der Waals surface area contributed by atoms with Crippen LogP contribution in [0.3, 0.4) is 0 Å². The molecule has 2 rings (SSSR count). The first-order valence-electron chi connectivity index (χ1n) is 10.7. The zero-order valence-corrected chi connectivity index (χ0v) is 18.8. The van der Waals surface area contributed by atoms with Gasteiger partial charge in [0.15, 0.2) is 0 Å². The van der Waals surface area contributed by atoms with Crippen LogP contribution in [0.1, 0.15) is 83.8 Å². The van der Waals surface area contributed by atoms with Crippen LogP contribution in [0, 0.1) is 0 Å². The van der Waals surface area contributed by atoms with Crippen LogP contribution in [-0.2, 0) is 16.6 Å². The summed E-state index contributed by atoms with van der Waals surface area (Å²) in [6.45, 7) is 10.7. The van der Waals surface area contributed by atoms with Crippen molar-refractivity contribution in [3.8, 4) is 11.5 Å². The molecule has 0 aliphatic rings. The molecule has 2 aromatic carbocycles. The zero-order valence-electron chi connectivity index (χ0n) is 18.8. The molecule has 0 saturated carbocycles. The Morgan fingerprint density at radius 1 is 0.759 bits per heavy atom. The summed E-state index contributed by atoms with van der Waals surface area (Å²) in [5, 5.41) is 18.6. The Kier molecular flexibility index (Phi) is 14.4. The Morgan fingerprint density at radius 3 is 1.79 bits per heavy atom. The number of phenolic OH excluding ortho intramolecular Hbond substituents is 2. The van der Waals surface area contributed by atoms with E-state index in [9.17, 15) is 5.11 Å². The number of aryl methyl sites for hydroxylation is 1. The molecule has 0 aliphatic carbocycles. The molecular weight excluding hydrogens is 360 g/mol. The van der Waals surface area contributed by atoms with Gasteiger partial charge in [0.25, 0.3) is 0 Å². The van der Waals surface area contributed by atoms with Gasteiger partial charge < -0.3 is 15.0 Å². The second-order valence-corrected chi connectivity index (χ2v) is 8.30. The molecule has 2 aromatic rings. The third kappa shape index (κ3) is 12.7. The summed E-state index contributed by atoms with van der Waals surface area (Å²) >= 11 is 0. The molecule has 0 atom stereocenters. The van der Waals surface area contributed by atoms with Crippen molar-refractivity contribution < 1.29 is 15.0 Å². The van der Waals surface area contributed by atoms with Crippen molar-refractivity contribution in [2.45, 2.75) is 84.5 Å². The van der Waals surface area contributed by atoms with E-state index in [1.54, 1.807) is 18.2 Å². The quantitative estimate of drug-likeness (QED) is 0.461. The largest absolute Gasteiger partial charge is 0.508 e. The van der Waals surface area contributed by atoms with Gasteiger partial charge in [0, 0.05) is 0 Å². The van der Waals surface area contributed by atoms with E-state index in [0.717, 1.165) is 12.0 Å². The molecule has 0 radical (unpaired) electrons. The van der Waals surface area contributed by atoms with Crippen LogP contribution < -0.4 is 0 Å². The second kappa shape index (κ2) is 15.6. The van der Waals surface area contributed by atoms with Crippen molar-refractivity contribution in [2.75, 3.05) is 0 Å². The minimum atomic E-state index is 0.174. The number of hydrogen-bond donors (Lipinski definition) is 2. The van der Waals surface area contributed by atoms with E-state index < -0.39 is 0 Å². The molecule has 0 bridgehead atoms. The lowest BCUT2D eigenvalue weighted by Crippen LogP contribution is -2.10. The van der Waals surface area contributed by atoms with Gasteiger partial charge in [-0.3, -0.25) is 0 Å². The van der Waals surface area contributed by atoms with E-state index in [4.69, 9.17) is 9.90 Å². The van der Waals surface area contributed by atoms with Gasteiger partial charge in [-0.25, -0.2) is 0 Å². The summed E-state index contributed by atoms with van der Waals surface area (Å²) in [7, 11) is 0. The SMILES string of the molecule is C=O.CC(C)(C)c1ccc(O)cc1.CCCCCCCCCc1ccccc1O. The second-order valence-electron chi connectivity index (χ2n) is 8.30. The standard InChI is InChI=1S/C15H24O.C10H14O.CH2O/c1-2-3-4-5-6-7-8-11-14-12-9-10-13-15(14)16;1-10(2,3)8-4-6-9(11)7-5-8;1-2/h9-10,12-13,16H,2-8,11H2,1H3;4-7,11H,1-3H3;1H2. The van der Waals surface area contributed by atoms with Crippen molar-refractivity contribution in [1.82, 2.24) is 0 Å². The Morgan fingerprint density at radius 2 is 1.28 bits per heavy atom. The molecule has 29 heavy (non-hydrogen) atoms. The van der Waals surface area contributed by atoms with Gasteiger partial charge in [-0.05, 0) is 47.6 Å². The first-order chi connectivity index (χ1) is 13.8. The number of phenols is 2. The van der Waals surface area contributed by atoms with Gasteiger partial charge >= 0.3 is 0 Å². The smallest absolute Gasteiger partial charge is 0.118 e. The third-order valence-electron chi connectivity index (χ3n) is 4.77. The molecule has 0 fully saturated rings. The molecule has 0 unspecified atom stereocenters. The minimum Gasteiger partial charge on any atom is -0.508 e. The fourth-order valence-corrected chi connectivity index (χ4v) is 2.96. The number of unbranched alkanes of at least 4 members (excludes halogenated alkanes) is 6. The maximum atomic E-state index is 9.58. The first kappa shape index (κ1) is 26.7. The summed E-state index contributed by atoms with van der Waals surface area (Å²) < 4.78 is 0. The van der Waals surface area contributed by atoms with Gasteiger partial charge in [-0.15, -0.1) is 0 Å². The van der Waals surface area contributed by atoms with Crippen molar-refractivity contribution in [2.24, 2.45) is 0 Å². The van der Waals surface area contributed by atoms with Crippen molar-refractivity contribution in [3.63, 3.8) is 0 Å². The average molecular weight is 401 g/mol. The first-order valence-corrected chi connectivity index (χ1v) is 10.7. The highest BCUT2D eigenvalue weighted by atomic mass is 16.3. The molecule has 0 amide bonds. The van der Waals surface area contributed by atoms with Gasteiger partial charge in [-0.2, -0.15) is 0 Å². The monoisotopic (exact) mass is 400 g/mol. The van der Waals surface area contributed by atoms with Gasteiger partial charge in [0.2, 0.25) is 0 Å². The Bertz CT molecular complexity index is 642. The van der Waals surface area contributed by atoms with Crippen molar-refractivity contribution in [3.05, 3.63) is 59.7 Å². The number of para-hydroxylation sites is 1. The average Bonchev–Trinajstić information content (AvgIpc) is 2.70. The third-order valence-corrected chi connectivity index (χ3v) is 4.77. The normalized spacial score (nSPS) is 10.3. The van der Waals surface area contributed by atoms with Crippen LogP contribution in [0.4, 0.5) is 0 Å². The van der Waals surface area contributed by atoms with Crippen LogP contribution in [0.25, 0.3) is 0 Å². The molecule has 0 saturated heterocycles. The summed E-state index contributed by atoms with van der Waals surface area (Å²) in [6, 6.07) is 15.0. The summed E-state index contributed by atoms with van der Waals surface area (Å²) in [5.74, 6) is 0.784. The Hall–Kier alpha value is -2.29. The van der Waals surface area contributed by atoms with Crippen LogP contribution in [0.15, 0.2) is 48.5 Å². The van der Waals surface area contributed by atoms with Crippen LogP contribution in [-0.4, -0.2) is 17.0 Å². The lowest BCUT2D eigenvalue weighted by atomic mass is 9.87. The number of carbonyl (C=O) groups is 1. The molecular formula is C26H40O3. The number of benzene rings is 2. The summed E-state index contributed by atoms with van der Waals surface area (Å²) in [5.41, 5.74) is 2.51. The number of carbonyl (C=O) groups excluding carboxylic acids is 1. The summed E-state index contributed by atoms with van der Waals surface area (Å²) in [6.07, 6.45) is 10.3. The molecule has 0 aliphatic heterocycles. The molecule has 3 heteroatoms. The maximum Gasteiger partial charge on any atom is 0.118 e. The Labute approximate surface area is 177 Å². The van der Waals surface area contributed by atoms with Gasteiger partial charge in [-0.1, -0.05) is 96.6 Å². The molecule has 2 N–H and O–H groups in total. The number of aromatic hydroxyl groups is 2. The lowest BCUT2D eigenvalue weighted by Gasteiger charge is -2.18. The molecule has 162 valence electrons. The minimum absolute atomic E-state index is 0.174. The van der Waals surface area contributed by atoms with E-state index in [1.807, 2.05) is 37.1 Å². The van der Waals surface area contributed by atoms with E-state index in [1.165, 1.54) is 50.5 Å². The van der Waals surface area contributed by atoms with Crippen LogP contribution in [0.2, 0.25) is 0 Å². The van der Waals surface area contributed by atoms with Gasteiger partial charge in [0.1, 0.15) is 18.3 Å². The van der Waals surface area contributed by atoms with E-state index >= 15 is 0 Å². The predicted octanol–water partition coefficient (Wildman–Crippen LogP) is 7.19. The predicted molar refractivity (Wildman–Crippen MR) is 124 cm³/mol. The van der Waals surface area contributed by atoms with Crippen molar-refractivity contribution >= 4 is 6.79 Å². The number of hydrogen-bond acceptors (Lipinski definition) is 3. The topological polar surface area (TPSA) is 57.5 Å². The molecule has 3 nitrogen and oxygen atoms in total.